The number of aryl methyl sites for hydroxylation is 2. The summed E-state index contributed by atoms with van der Waals surface area (Å²) in [6, 6.07) is 14.0. The molecule has 2 aromatic carbocycles. The van der Waals surface area contributed by atoms with E-state index in [4.69, 9.17) is 26.4 Å². The van der Waals surface area contributed by atoms with Crippen LogP contribution in [0.1, 0.15) is 29.4 Å². The van der Waals surface area contributed by atoms with Crippen molar-refractivity contribution in [2.75, 3.05) is 7.11 Å². The van der Waals surface area contributed by atoms with Gasteiger partial charge < -0.3 is 9.30 Å². The highest BCUT2D eigenvalue weighted by molar-refractivity contribution is 6.31. The molecule has 2 aromatic heterocycles. The van der Waals surface area contributed by atoms with Crippen molar-refractivity contribution in [2.24, 2.45) is 0 Å². The molecular weight excluding hydrogens is 386 g/mol. The first-order valence-corrected chi connectivity index (χ1v) is 9.90. The van der Waals surface area contributed by atoms with E-state index in [-0.39, 0.29) is 5.92 Å². The molecule has 5 rings (SSSR count). The highest BCUT2D eigenvalue weighted by atomic mass is 35.5. The van der Waals surface area contributed by atoms with Crippen molar-refractivity contribution in [3.8, 4) is 22.8 Å². The van der Waals surface area contributed by atoms with Crippen molar-refractivity contribution < 1.29 is 4.74 Å². The number of hydrogen-bond acceptors (Lipinski definition) is 4. The van der Waals surface area contributed by atoms with E-state index >= 15 is 0 Å². The summed E-state index contributed by atoms with van der Waals surface area (Å²) in [6.07, 6.45) is 4.71. The van der Waals surface area contributed by atoms with Crippen LogP contribution >= 0.6 is 11.6 Å². The first-order chi connectivity index (χ1) is 14.1. The van der Waals surface area contributed by atoms with Crippen LogP contribution < -0.4 is 4.74 Å². The molecule has 0 aliphatic carbocycles. The molecule has 0 saturated carbocycles. The number of halogens is 1. The summed E-state index contributed by atoms with van der Waals surface area (Å²) in [5, 5.41) is 5.51. The van der Waals surface area contributed by atoms with E-state index in [9.17, 15) is 0 Å². The molecule has 1 aliphatic rings. The van der Waals surface area contributed by atoms with Crippen molar-refractivity contribution in [3.05, 3.63) is 77.1 Å². The molecule has 1 aliphatic heterocycles. The molecule has 4 aromatic rings. The molecule has 146 valence electrons. The SMILES string of the molecule is COc1cc(-c2nc3n(n2)CCC3c2ccccc2Cl)ccc1-n1cnc(C)c1. The summed E-state index contributed by atoms with van der Waals surface area (Å²) in [5.41, 5.74) is 3.91. The zero-order valence-electron chi connectivity index (χ0n) is 16.2. The summed E-state index contributed by atoms with van der Waals surface area (Å²) < 4.78 is 9.57. The smallest absolute Gasteiger partial charge is 0.181 e. The Labute approximate surface area is 173 Å². The lowest BCUT2D eigenvalue weighted by atomic mass is 9.97. The highest BCUT2D eigenvalue weighted by Crippen LogP contribution is 2.38. The van der Waals surface area contributed by atoms with Gasteiger partial charge in [0.2, 0.25) is 0 Å². The molecule has 1 unspecified atom stereocenters. The van der Waals surface area contributed by atoms with Crippen LogP contribution in [0.15, 0.2) is 55.0 Å². The summed E-state index contributed by atoms with van der Waals surface area (Å²) in [6.45, 7) is 2.80. The molecule has 1 atom stereocenters. The molecule has 0 N–H and O–H groups in total. The lowest BCUT2D eigenvalue weighted by Crippen LogP contribution is -1.99. The molecule has 0 fully saturated rings. The Kier molecular flexibility index (Phi) is 4.36. The van der Waals surface area contributed by atoms with Gasteiger partial charge in [0.1, 0.15) is 11.6 Å². The monoisotopic (exact) mass is 405 g/mol. The number of aromatic nitrogens is 5. The van der Waals surface area contributed by atoms with Crippen LogP contribution in [0.2, 0.25) is 5.02 Å². The van der Waals surface area contributed by atoms with Gasteiger partial charge in [-0.3, -0.25) is 0 Å². The molecule has 0 bridgehead atoms. The molecule has 0 amide bonds. The second-order valence-corrected chi connectivity index (χ2v) is 7.60. The minimum absolute atomic E-state index is 0.167. The van der Waals surface area contributed by atoms with Crippen molar-refractivity contribution in [1.29, 1.82) is 0 Å². The zero-order chi connectivity index (χ0) is 20.0. The Morgan fingerprint density at radius 3 is 2.79 bits per heavy atom. The van der Waals surface area contributed by atoms with Gasteiger partial charge in [0.15, 0.2) is 5.82 Å². The second-order valence-electron chi connectivity index (χ2n) is 7.19. The van der Waals surface area contributed by atoms with Crippen LogP contribution in [0.4, 0.5) is 0 Å². The van der Waals surface area contributed by atoms with Crippen LogP contribution in [0.25, 0.3) is 17.1 Å². The van der Waals surface area contributed by atoms with Gasteiger partial charge in [0.05, 0.1) is 24.8 Å². The van der Waals surface area contributed by atoms with Crippen LogP contribution in [0.5, 0.6) is 5.75 Å². The van der Waals surface area contributed by atoms with Gasteiger partial charge in [-0.05, 0) is 43.2 Å². The number of imidazole rings is 1. The first-order valence-electron chi connectivity index (χ1n) is 9.52. The summed E-state index contributed by atoms with van der Waals surface area (Å²) in [7, 11) is 1.67. The summed E-state index contributed by atoms with van der Waals surface area (Å²) in [5.74, 6) is 2.57. The third-order valence-corrected chi connectivity index (χ3v) is 5.69. The molecular formula is C22H20ClN5O. The van der Waals surface area contributed by atoms with Crippen molar-refractivity contribution in [1.82, 2.24) is 24.3 Å². The summed E-state index contributed by atoms with van der Waals surface area (Å²) >= 11 is 6.43. The van der Waals surface area contributed by atoms with Crippen molar-refractivity contribution in [3.63, 3.8) is 0 Å². The quantitative estimate of drug-likeness (QED) is 0.496. The Morgan fingerprint density at radius 1 is 1.17 bits per heavy atom. The van der Waals surface area contributed by atoms with E-state index < -0.39 is 0 Å². The number of nitrogens with zero attached hydrogens (tertiary/aromatic N) is 5. The molecule has 0 spiro atoms. The average molecular weight is 406 g/mol. The molecule has 6 nitrogen and oxygen atoms in total. The lowest BCUT2D eigenvalue weighted by molar-refractivity contribution is 0.413. The normalized spacial score (nSPS) is 15.5. The van der Waals surface area contributed by atoms with Crippen LogP contribution in [0, 0.1) is 6.92 Å². The van der Waals surface area contributed by atoms with E-state index in [0.29, 0.717) is 5.82 Å². The van der Waals surface area contributed by atoms with Crippen LogP contribution in [-0.4, -0.2) is 31.4 Å². The van der Waals surface area contributed by atoms with Crippen molar-refractivity contribution >= 4 is 11.6 Å². The zero-order valence-corrected chi connectivity index (χ0v) is 17.0. The first kappa shape index (κ1) is 17.9. The Hall–Kier alpha value is -3.12. The van der Waals surface area contributed by atoms with Gasteiger partial charge in [0.25, 0.3) is 0 Å². The van der Waals surface area contributed by atoms with E-state index in [1.54, 1.807) is 13.4 Å². The fraction of sp³-hybridized carbons (Fsp3) is 0.227. The second kappa shape index (κ2) is 7.04. The van der Waals surface area contributed by atoms with Gasteiger partial charge in [-0.15, -0.1) is 0 Å². The van der Waals surface area contributed by atoms with Gasteiger partial charge >= 0.3 is 0 Å². The summed E-state index contributed by atoms with van der Waals surface area (Å²) in [4.78, 5) is 9.16. The Morgan fingerprint density at radius 2 is 2.03 bits per heavy atom. The third kappa shape index (κ3) is 3.09. The van der Waals surface area contributed by atoms with Crippen molar-refractivity contribution in [2.45, 2.75) is 25.8 Å². The molecule has 0 saturated heterocycles. The predicted molar refractivity (Wildman–Crippen MR) is 112 cm³/mol. The number of ether oxygens (including phenoxy) is 1. The fourth-order valence-corrected chi connectivity index (χ4v) is 4.18. The van der Waals surface area contributed by atoms with Gasteiger partial charge in [-0.1, -0.05) is 29.8 Å². The minimum atomic E-state index is 0.167. The highest BCUT2D eigenvalue weighted by Gasteiger charge is 2.29. The largest absolute Gasteiger partial charge is 0.495 e. The maximum absolute atomic E-state index is 6.43. The number of methoxy groups -OCH3 is 1. The number of hydrogen-bond donors (Lipinski definition) is 0. The van der Waals surface area contributed by atoms with E-state index in [2.05, 4.69) is 11.1 Å². The molecule has 7 heteroatoms. The molecule has 3 heterocycles. The Bertz CT molecular complexity index is 1200. The topological polar surface area (TPSA) is 57.8 Å². The third-order valence-electron chi connectivity index (χ3n) is 5.35. The van der Waals surface area contributed by atoms with E-state index in [1.165, 1.54) is 0 Å². The number of fused-ring (bicyclic) bond motifs is 1. The molecule has 29 heavy (non-hydrogen) atoms. The van der Waals surface area contributed by atoms with E-state index in [0.717, 1.165) is 52.1 Å². The van der Waals surface area contributed by atoms with E-state index in [1.807, 2.05) is 58.8 Å². The fourth-order valence-electron chi connectivity index (χ4n) is 3.91. The Balaban J connectivity index is 1.52. The van der Waals surface area contributed by atoms with Gasteiger partial charge in [-0.2, -0.15) is 5.10 Å². The van der Waals surface area contributed by atoms with Crippen LogP contribution in [-0.2, 0) is 6.54 Å². The minimum Gasteiger partial charge on any atom is -0.495 e. The number of benzene rings is 2. The van der Waals surface area contributed by atoms with Crippen LogP contribution in [0.3, 0.4) is 0 Å². The maximum Gasteiger partial charge on any atom is 0.181 e. The standard InChI is InChI=1S/C22H20ClN5O/c1-14-12-27(13-24-14)19-8-7-15(11-20(19)29-2)21-25-22-17(9-10-28(22)26-21)16-5-3-4-6-18(16)23/h3-8,11-13,17H,9-10H2,1-2H3. The molecule has 0 radical (unpaired) electrons. The van der Waals surface area contributed by atoms with Gasteiger partial charge in [-0.25, -0.2) is 14.6 Å². The lowest BCUT2D eigenvalue weighted by Gasteiger charge is -2.11. The average Bonchev–Trinajstić information content (AvgIpc) is 3.44. The number of rotatable bonds is 4. The van der Waals surface area contributed by atoms with Gasteiger partial charge in [0, 0.05) is 29.2 Å². The predicted octanol–water partition coefficient (Wildman–Crippen LogP) is 4.64. The maximum atomic E-state index is 6.43.